The fraction of sp³-hybridized carbons (Fsp3) is 0.308. The first-order valence-corrected chi connectivity index (χ1v) is 6.15. The van der Waals surface area contributed by atoms with Gasteiger partial charge in [-0.2, -0.15) is 5.10 Å². The third kappa shape index (κ3) is 3.17. The molecule has 0 fully saturated rings. The van der Waals surface area contributed by atoms with Crippen molar-refractivity contribution in [1.82, 2.24) is 9.78 Å². The molecule has 18 heavy (non-hydrogen) atoms. The Morgan fingerprint density at radius 1 is 1.44 bits per heavy atom. The lowest BCUT2D eigenvalue weighted by Crippen LogP contribution is -2.05. The van der Waals surface area contributed by atoms with Gasteiger partial charge in [0, 0.05) is 10.7 Å². The molecule has 0 unspecified atom stereocenters. The molecule has 2 N–H and O–H groups in total. The van der Waals surface area contributed by atoms with Gasteiger partial charge in [0.25, 0.3) is 0 Å². The summed E-state index contributed by atoms with van der Waals surface area (Å²) in [7, 11) is 0. The van der Waals surface area contributed by atoms with Crippen molar-refractivity contribution in [1.29, 1.82) is 0 Å². The predicted octanol–water partition coefficient (Wildman–Crippen LogP) is 2.95. The monoisotopic (exact) mass is 265 g/mol. The Kier molecular flexibility index (Phi) is 3.77. The Labute approximate surface area is 111 Å². The van der Waals surface area contributed by atoms with Crippen LogP contribution in [0, 0.1) is 0 Å². The molecule has 0 radical (unpaired) electrons. The number of hydrogen-bond donors (Lipinski definition) is 1. The Bertz CT molecular complexity index is 537. The summed E-state index contributed by atoms with van der Waals surface area (Å²) in [5.41, 5.74) is 7.37. The second-order valence-electron chi connectivity index (χ2n) is 4.39. The van der Waals surface area contributed by atoms with Gasteiger partial charge < -0.3 is 10.5 Å². The van der Waals surface area contributed by atoms with Gasteiger partial charge in [-0.1, -0.05) is 11.6 Å². The van der Waals surface area contributed by atoms with Crippen LogP contribution in [0.15, 0.2) is 30.6 Å². The van der Waals surface area contributed by atoms with Gasteiger partial charge >= 0.3 is 0 Å². The number of halogens is 1. The van der Waals surface area contributed by atoms with Crippen LogP contribution in [0.4, 0.5) is 5.69 Å². The van der Waals surface area contributed by atoms with Crippen LogP contribution in [0.25, 0.3) is 0 Å². The van der Waals surface area contributed by atoms with E-state index in [1.807, 2.05) is 26.1 Å². The maximum Gasteiger partial charge on any atom is 0.157 e. The summed E-state index contributed by atoms with van der Waals surface area (Å²) in [5, 5.41) is 4.91. The van der Waals surface area contributed by atoms with E-state index in [9.17, 15) is 0 Å². The largest absolute Gasteiger partial charge is 0.488 e. The third-order valence-corrected chi connectivity index (χ3v) is 2.75. The van der Waals surface area contributed by atoms with Crippen LogP contribution in [0.5, 0.6) is 5.75 Å². The Morgan fingerprint density at radius 2 is 2.22 bits per heavy atom. The van der Waals surface area contributed by atoms with Gasteiger partial charge in [0.05, 0.1) is 25.0 Å². The summed E-state index contributed by atoms with van der Waals surface area (Å²) in [6, 6.07) is 5.43. The summed E-state index contributed by atoms with van der Waals surface area (Å²) in [4.78, 5) is 0. The minimum absolute atomic E-state index is 0.138. The second kappa shape index (κ2) is 5.31. The third-order valence-electron chi connectivity index (χ3n) is 2.38. The highest BCUT2D eigenvalue weighted by Crippen LogP contribution is 2.20. The van der Waals surface area contributed by atoms with Crippen molar-refractivity contribution < 1.29 is 4.74 Å². The molecular weight excluding hydrogens is 250 g/mol. The normalized spacial score (nSPS) is 10.9. The van der Waals surface area contributed by atoms with E-state index in [1.54, 1.807) is 23.0 Å². The number of ether oxygens (including phenoxy) is 1. The molecule has 1 aromatic heterocycles. The molecule has 1 heterocycles. The number of benzene rings is 1. The van der Waals surface area contributed by atoms with E-state index in [0.717, 1.165) is 11.3 Å². The van der Waals surface area contributed by atoms with Crippen LogP contribution in [-0.2, 0) is 6.54 Å². The first-order chi connectivity index (χ1) is 8.54. The van der Waals surface area contributed by atoms with Crippen LogP contribution >= 0.6 is 11.6 Å². The molecule has 1 aromatic carbocycles. The molecule has 4 nitrogen and oxygen atoms in total. The molecular formula is C13H16ClN3O. The van der Waals surface area contributed by atoms with Gasteiger partial charge in [-0.15, -0.1) is 0 Å². The quantitative estimate of drug-likeness (QED) is 0.865. The molecule has 0 atom stereocenters. The summed E-state index contributed by atoms with van der Waals surface area (Å²) < 4.78 is 7.32. The van der Waals surface area contributed by atoms with E-state index >= 15 is 0 Å². The highest BCUT2D eigenvalue weighted by atomic mass is 35.5. The van der Waals surface area contributed by atoms with Gasteiger partial charge in [0.2, 0.25) is 0 Å². The van der Waals surface area contributed by atoms with Gasteiger partial charge in [-0.3, -0.25) is 4.68 Å². The van der Waals surface area contributed by atoms with Gasteiger partial charge in [-0.25, -0.2) is 0 Å². The highest BCUT2D eigenvalue weighted by molar-refractivity contribution is 6.31. The van der Waals surface area contributed by atoms with Crippen molar-refractivity contribution in [2.24, 2.45) is 0 Å². The molecule has 5 heteroatoms. The number of nitrogen functional groups attached to an aromatic ring is 1. The Morgan fingerprint density at radius 3 is 2.94 bits per heavy atom. The van der Waals surface area contributed by atoms with Crippen LogP contribution in [0.3, 0.4) is 0 Å². The number of nitrogens with two attached hydrogens (primary N) is 1. The summed E-state index contributed by atoms with van der Waals surface area (Å²) in [6.45, 7) is 4.53. The molecule has 0 saturated heterocycles. The summed E-state index contributed by atoms with van der Waals surface area (Å²) in [6.07, 6.45) is 3.68. The molecule has 0 aliphatic carbocycles. The lowest BCUT2D eigenvalue weighted by molar-refractivity contribution is 0.242. The van der Waals surface area contributed by atoms with E-state index in [-0.39, 0.29) is 6.10 Å². The smallest absolute Gasteiger partial charge is 0.157 e. The summed E-state index contributed by atoms with van der Waals surface area (Å²) >= 11 is 6.11. The molecule has 2 aromatic rings. The lowest BCUT2D eigenvalue weighted by atomic mass is 10.2. The van der Waals surface area contributed by atoms with Crippen LogP contribution in [-0.4, -0.2) is 15.9 Å². The molecule has 0 bridgehead atoms. The number of rotatable bonds is 4. The fourth-order valence-corrected chi connectivity index (χ4v) is 1.83. The molecule has 0 saturated carbocycles. The number of anilines is 1. The van der Waals surface area contributed by atoms with Crippen molar-refractivity contribution in [2.45, 2.75) is 26.5 Å². The summed E-state index contributed by atoms with van der Waals surface area (Å²) in [5.74, 6) is 0.755. The molecule has 0 aliphatic rings. The maximum atomic E-state index is 6.11. The van der Waals surface area contributed by atoms with Crippen molar-refractivity contribution in [3.05, 3.63) is 41.2 Å². The van der Waals surface area contributed by atoms with E-state index in [0.29, 0.717) is 17.3 Å². The first-order valence-electron chi connectivity index (χ1n) is 5.77. The maximum absolute atomic E-state index is 6.11. The highest BCUT2D eigenvalue weighted by Gasteiger charge is 2.05. The molecule has 0 aliphatic heterocycles. The number of nitrogens with zero attached hydrogens (tertiary/aromatic N) is 2. The van der Waals surface area contributed by atoms with Crippen LogP contribution in [0.2, 0.25) is 5.02 Å². The standard InChI is InChI=1S/C13H16ClN3O/c1-9(2)18-12-6-16-17(8-12)7-10-5-11(15)3-4-13(10)14/h3-6,8-9H,7,15H2,1-2H3. The second-order valence-corrected chi connectivity index (χ2v) is 4.80. The SMILES string of the molecule is CC(C)Oc1cnn(Cc2cc(N)ccc2Cl)c1. The zero-order valence-corrected chi connectivity index (χ0v) is 11.2. The Balaban J connectivity index is 2.13. The topological polar surface area (TPSA) is 53.1 Å². The van der Waals surface area contributed by atoms with Crippen LogP contribution in [0.1, 0.15) is 19.4 Å². The zero-order chi connectivity index (χ0) is 13.1. The Hall–Kier alpha value is -1.68. The van der Waals surface area contributed by atoms with Crippen molar-refractivity contribution in [2.75, 3.05) is 5.73 Å². The van der Waals surface area contributed by atoms with E-state index in [2.05, 4.69) is 5.10 Å². The van der Waals surface area contributed by atoms with E-state index in [4.69, 9.17) is 22.1 Å². The van der Waals surface area contributed by atoms with Crippen molar-refractivity contribution >= 4 is 17.3 Å². The number of aromatic nitrogens is 2. The first kappa shape index (κ1) is 12.8. The average Bonchev–Trinajstić information content (AvgIpc) is 2.70. The van der Waals surface area contributed by atoms with E-state index in [1.165, 1.54) is 0 Å². The fourth-order valence-electron chi connectivity index (χ4n) is 1.65. The average molecular weight is 266 g/mol. The van der Waals surface area contributed by atoms with Gasteiger partial charge in [-0.05, 0) is 37.6 Å². The lowest BCUT2D eigenvalue weighted by Gasteiger charge is -2.07. The van der Waals surface area contributed by atoms with Crippen LogP contribution < -0.4 is 10.5 Å². The number of hydrogen-bond acceptors (Lipinski definition) is 3. The van der Waals surface area contributed by atoms with Crippen molar-refractivity contribution in [3.63, 3.8) is 0 Å². The van der Waals surface area contributed by atoms with Crippen molar-refractivity contribution in [3.8, 4) is 5.75 Å². The molecule has 2 rings (SSSR count). The minimum Gasteiger partial charge on any atom is -0.488 e. The van der Waals surface area contributed by atoms with Gasteiger partial charge in [0.15, 0.2) is 5.75 Å². The van der Waals surface area contributed by atoms with Gasteiger partial charge in [0.1, 0.15) is 0 Å². The zero-order valence-electron chi connectivity index (χ0n) is 10.4. The minimum atomic E-state index is 0.138. The molecule has 96 valence electrons. The van der Waals surface area contributed by atoms with E-state index < -0.39 is 0 Å². The molecule has 0 spiro atoms. The molecule has 0 amide bonds. The predicted molar refractivity (Wildman–Crippen MR) is 73.0 cm³/mol.